The van der Waals surface area contributed by atoms with E-state index in [-0.39, 0.29) is 17.1 Å². The van der Waals surface area contributed by atoms with Crippen LogP contribution in [0.25, 0.3) is 0 Å². The highest BCUT2D eigenvalue weighted by atomic mass is 32.2. The van der Waals surface area contributed by atoms with Gasteiger partial charge >= 0.3 is 0 Å². The highest BCUT2D eigenvalue weighted by Crippen LogP contribution is 2.21. The smallest absolute Gasteiger partial charge is 0.243 e. The Morgan fingerprint density at radius 1 is 0.935 bits per heavy atom. The highest BCUT2D eigenvalue weighted by Gasteiger charge is 2.27. The van der Waals surface area contributed by atoms with Crippen molar-refractivity contribution < 1.29 is 22.0 Å². The standard InChI is InChI=1S/C23H22F2N2O3S/c1-16-6-9-20(10-7-16)31(29,30)27(14-18-5-3-4-17(2)12-18)15-23(28)26-22-13-19(24)8-11-21(22)25/h3-13H,14-15H2,1-2H3,(H,26,28). The molecule has 0 aliphatic rings. The molecular weight excluding hydrogens is 422 g/mol. The van der Waals surface area contributed by atoms with Crippen LogP contribution in [0.5, 0.6) is 0 Å². The topological polar surface area (TPSA) is 66.5 Å². The Morgan fingerprint density at radius 3 is 2.32 bits per heavy atom. The van der Waals surface area contributed by atoms with E-state index in [0.29, 0.717) is 5.56 Å². The van der Waals surface area contributed by atoms with Gasteiger partial charge in [-0.1, -0.05) is 47.5 Å². The van der Waals surface area contributed by atoms with Crippen LogP contribution in [0.4, 0.5) is 14.5 Å². The molecule has 5 nitrogen and oxygen atoms in total. The van der Waals surface area contributed by atoms with Gasteiger partial charge in [0.2, 0.25) is 15.9 Å². The van der Waals surface area contributed by atoms with Crippen LogP contribution >= 0.6 is 0 Å². The summed E-state index contributed by atoms with van der Waals surface area (Å²) in [4.78, 5) is 12.6. The average Bonchev–Trinajstić information content (AvgIpc) is 2.70. The minimum absolute atomic E-state index is 0.0375. The van der Waals surface area contributed by atoms with Gasteiger partial charge < -0.3 is 5.32 Å². The number of nitrogens with one attached hydrogen (secondary N) is 1. The van der Waals surface area contributed by atoms with E-state index >= 15 is 0 Å². The molecule has 0 aliphatic carbocycles. The number of rotatable bonds is 7. The molecule has 8 heteroatoms. The van der Waals surface area contributed by atoms with Crippen molar-refractivity contribution in [3.05, 3.63) is 95.1 Å². The van der Waals surface area contributed by atoms with Crippen LogP contribution in [0.2, 0.25) is 0 Å². The second-order valence-corrected chi connectivity index (χ2v) is 9.19. The molecule has 31 heavy (non-hydrogen) atoms. The Bertz CT molecular complexity index is 1200. The summed E-state index contributed by atoms with van der Waals surface area (Å²) in [5.41, 5.74) is 2.17. The van der Waals surface area contributed by atoms with Gasteiger partial charge in [0.25, 0.3) is 0 Å². The van der Waals surface area contributed by atoms with Crippen molar-refractivity contribution in [2.75, 3.05) is 11.9 Å². The first-order valence-corrected chi connectivity index (χ1v) is 11.0. The summed E-state index contributed by atoms with van der Waals surface area (Å²) in [7, 11) is -4.03. The predicted molar refractivity (Wildman–Crippen MR) is 115 cm³/mol. The molecule has 3 rings (SSSR count). The number of aryl methyl sites for hydroxylation is 2. The van der Waals surface area contributed by atoms with Crippen LogP contribution < -0.4 is 5.32 Å². The number of carbonyl (C=O) groups is 1. The van der Waals surface area contributed by atoms with E-state index in [1.807, 2.05) is 26.0 Å². The zero-order valence-electron chi connectivity index (χ0n) is 17.1. The van der Waals surface area contributed by atoms with Gasteiger partial charge in [-0.15, -0.1) is 0 Å². The third-order valence-corrected chi connectivity index (χ3v) is 6.43. The first kappa shape index (κ1) is 22.6. The largest absolute Gasteiger partial charge is 0.322 e. The molecule has 0 fully saturated rings. The molecule has 162 valence electrons. The van der Waals surface area contributed by atoms with Gasteiger partial charge in [-0.05, 0) is 43.7 Å². The van der Waals surface area contributed by atoms with Gasteiger partial charge in [-0.3, -0.25) is 4.79 Å². The SMILES string of the molecule is Cc1ccc(S(=O)(=O)N(CC(=O)Nc2cc(F)ccc2F)Cc2cccc(C)c2)cc1. The zero-order valence-corrected chi connectivity index (χ0v) is 17.9. The number of hydrogen-bond acceptors (Lipinski definition) is 3. The van der Waals surface area contributed by atoms with E-state index in [4.69, 9.17) is 0 Å². The van der Waals surface area contributed by atoms with Crippen molar-refractivity contribution in [2.45, 2.75) is 25.3 Å². The van der Waals surface area contributed by atoms with Crippen molar-refractivity contribution in [1.82, 2.24) is 4.31 Å². The van der Waals surface area contributed by atoms with Crippen molar-refractivity contribution >= 4 is 21.6 Å². The van der Waals surface area contributed by atoms with Crippen LogP contribution in [0.1, 0.15) is 16.7 Å². The van der Waals surface area contributed by atoms with Crippen LogP contribution in [0.3, 0.4) is 0 Å². The monoisotopic (exact) mass is 444 g/mol. The molecule has 0 spiro atoms. The Hall–Kier alpha value is -3.10. The number of carbonyl (C=O) groups excluding carboxylic acids is 1. The number of nitrogens with zero attached hydrogens (tertiary/aromatic N) is 1. The average molecular weight is 445 g/mol. The van der Waals surface area contributed by atoms with Crippen molar-refractivity contribution in [3.63, 3.8) is 0 Å². The quantitative estimate of drug-likeness (QED) is 0.587. The van der Waals surface area contributed by atoms with E-state index in [1.54, 1.807) is 24.3 Å². The Morgan fingerprint density at radius 2 is 1.65 bits per heavy atom. The normalized spacial score (nSPS) is 11.5. The molecule has 0 unspecified atom stereocenters. The molecule has 1 amide bonds. The molecular formula is C23H22F2N2O3S. The van der Waals surface area contributed by atoms with Gasteiger partial charge in [-0.25, -0.2) is 17.2 Å². The number of sulfonamides is 1. The number of anilines is 1. The summed E-state index contributed by atoms with van der Waals surface area (Å²) < 4.78 is 54.8. The van der Waals surface area contributed by atoms with Crippen molar-refractivity contribution in [3.8, 4) is 0 Å². The molecule has 0 heterocycles. The summed E-state index contributed by atoms with van der Waals surface area (Å²) >= 11 is 0. The van der Waals surface area contributed by atoms with Crippen LogP contribution in [0, 0.1) is 25.5 Å². The molecule has 0 radical (unpaired) electrons. The maximum absolute atomic E-state index is 13.9. The lowest BCUT2D eigenvalue weighted by atomic mass is 10.1. The maximum atomic E-state index is 13.9. The third-order valence-electron chi connectivity index (χ3n) is 4.62. The molecule has 0 saturated heterocycles. The Balaban J connectivity index is 1.90. The van der Waals surface area contributed by atoms with Crippen molar-refractivity contribution in [1.29, 1.82) is 0 Å². The molecule has 0 aromatic heterocycles. The molecule has 0 aliphatic heterocycles. The number of hydrogen-bond donors (Lipinski definition) is 1. The Kier molecular flexibility index (Phi) is 6.82. The third kappa shape index (κ3) is 5.74. The lowest BCUT2D eigenvalue weighted by Crippen LogP contribution is -2.37. The molecule has 0 bridgehead atoms. The fraction of sp³-hybridized carbons (Fsp3) is 0.174. The minimum atomic E-state index is -4.03. The Labute approximate surface area is 180 Å². The molecule has 0 saturated carbocycles. The molecule has 3 aromatic carbocycles. The summed E-state index contributed by atoms with van der Waals surface area (Å²) in [6.45, 7) is 3.08. The number of benzene rings is 3. The van der Waals surface area contributed by atoms with Crippen LogP contribution in [0.15, 0.2) is 71.6 Å². The fourth-order valence-electron chi connectivity index (χ4n) is 3.04. The first-order valence-electron chi connectivity index (χ1n) is 9.52. The van der Waals surface area contributed by atoms with E-state index in [9.17, 15) is 22.0 Å². The van der Waals surface area contributed by atoms with Crippen LogP contribution in [-0.2, 0) is 21.4 Å². The lowest BCUT2D eigenvalue weighted by molar-refractivity contribution is -0.116. The summed E-state index contributed by atoms with van der Waals surface area (Å²) in [5, 5.41) is 2.25. The van der Waals surface area contributed by atoms with Crippen molar-refractivity contribution in [2.24, 2.45) is 0 Å². The zero-order chi connectivity index (χ0) is 22.6. The predicted octanol–water partition coefficient (Wildman–Crippen LogP) is 4.41. The summed E-state index contributed by atoms with van der Waals surface area (Å²) in [6.07, 6.45) is 0. The van der Waals surface area contributed by atoms with E-state index in [0.717, 1.165) is 33.6 Å². The van der Waals surface area contributed by atoms with Gasteiger partial charge in [-0.2, -0.15) is 4.31 Å². The molecule has 3 aromatic rings. The van der Waals surface area contributed by atoms with E-state index < -0.39 is 34.1 Å². The fourth-order valence-corrected chi connectivity index (χ4v) is 4.43. The first-order chi connectivity index (χ1) is 14.6. The van der Waals surface area contributed by atoms with Crippen LogP contribution in [-0.4, -0.2) is 25.2 Å². The van der Waals surface area contributed by atoms with Gasteiger partial charge in [0, 0.05) is 12.6 Å². The maximum Gasteiger partial charge on any atom is 0.243 e. The van der Waals surface area contributed by atoms with E-state index in [2.05, 4.69) is 5.32 Å². The second kappa shape index (κ2) is 9.36. The molecule has 1 N–H and O–H groups in total. The second-order valence-electron chi connectivity index (χ2n) is 7.25. The lowest BCUT2D eigenvalue weighted by Gasteiger charge is -2.22. The minimum Gasteiger partial charge on any atom is -0.322 e. The van der Waals surface area contributed by atoms with Gasteiger partial charge in [0.05, 0.1) is 17.1 Å². The molecule has 0 atom stereocenters. The highest BCUT2D eigenvalue weighted by molar-refractivity contribution is 7.89. The van der Waals surface area contributed by atoms with Gasteiger partial charge in [0.15, 0.2) is 0 Å². The summed E-state index contributed by atoms with van der Waals surface area (Å²) in [5.74, 6) is -2.32. The number of halogens is 2. The van der Waals surface area contributed by atoms with Gasteiger partial charge in [0.1, 0.15) is 11.6 Å². The number of amides is 1. The summed E-state index contributed by atoms with van der Waals surface area (Å²) in [6, 6.07) is 16.2. The van der Waals surface area contributed by atoms with E-state index in [1.165, 1.54) is 12.1 Å².